The van der Waals surface area contributed by atoms with Gasteiger partial charge in [0.05, 0.1) is 5.69 Å². The number of benzene rings is 3. The van der Waals surface area contributed by atoms with Crippen molar-refractivity contribution in [1.82, 2.24) is 0 Å². The number of anilines is 1. The van der Waals surface area contributed by atoms with E-state index in [0.29, 0.717) is 17.0 Å². The molecule has 0 saturated heterocycles. The number of ether oxygens (including phenoxy) is 1. The third kappa shape index (κ3) is 4.65. The zero-order valence-electron chi connectivity index (χ0n) is 18.2. The van der Waals surface area contributed by atoms with Gasteiger partial charge >= 0.3 is 0 Å². The van der Waals surface area contributed by atoms with Gasteiger partial charge in [-0.1, -0.05) is 51.1 Å². The molecule has 0 aliphatic heterocycles. The monoisotopic (exact) mass is 403 g/mol. The van der Waals surface area contributed by atoms with Crippen molar-refractivity contribution in [3.05, 3.63) is 82.9 Å². The van der Waals surface area contributed by atoms with Crippen molar-refractivity contribution in [2.24, 2.45) is 0 Å². The lowest BCUT2D eigenvalue weighted by atomic mass is 9.81. The Balaban J connectivity index is 1.97. The molecule has 0 fully saturated rings. The molecule has 0 atom stereocenters. The minimum absolute atomic E-state index is 0.0605. The molecule has 2 N–H and O–H groups in total. The van der Waals surface area contributed by atoms with E-state index in [1.165, 1.54) is 0 Å². The van der Waals surface area contributed by atoms with Crippen molar-refractivity contribution in [3.8, 4) is 17.2 Å². The summed E-state index contributed by atoms with van der Waals surface area (Å²) in [7, 11) is 0. The lowest BCUT2D eigenvalue weighted by Gasteiger charge is -2.26. The average Bonchev–Trinajstić information content (AvgIpc) is 2.71. The number of carbonyl (C=O) groups is 1. The van der Waals surface area contributed by atoms with E-state index in [2.05, 4.69) is 26.1 Å². The van der Waals surface area contributed by atoms with Gasteiger partial charge in [0.1, 0.15) is 17.2 Å². The first-order valence-electron chi connectivity index (χ1n) is 10.2. The van der Waals surface area contributed by atoms with E-state index in [0.717, 1.165) is 28.9 Å². The first kappa shape index (κ1) is 21.4. The third-order valence-electron chi connectivity index (χ3n) is 5.53. The number of carbonyl (C=O) groups excluding carboxylic acids is 1. The summed E-state index contributed by atoms with van der Waals surface area (Å²) in [5.41, 5.74) is 3.58. The van der Waals surface area contributed by atoms with Gasteiger partial charge < -0.3 is 15.2 Å². The van der Waals surface area contributed by atoms with Gasteiger partial charge in [0.2, 0.25) is 0 Å². The summed E-state index contributed by atoms with van der Waals surface area (Å²) in [5, 5.41) is 13.1. The maximum atomic E-state index is 13.0. The number of hydrogen-bond acceptors (Lipinski definition) is 3. The van der Waals surface area contributed by atoms with Crippen LogP contribution in [-0.4, -0.2) is 11.0 Å². The molecule has 156 valence electrons. The van der Waals surface area contributed by atoms with Crippen LogP contribution >= 0.6 is 0 Å². The van der Waals surface area contributed by atoms with Crippen LogP contribution in [0.3, 0.4) is 0 Å². The van der Waals surface area contributed by atoms with E-state index in [-0.39, 0.29) is 17.1 Å². The SMILES string of the molecule is CCC(C)(C)c1ccc(C(=O)Nc2c(C)cc(C)cc2O)cc1Oc1ccccc1. The number of aromatic hydroxyl groups is 1. The highest BCUT2D eigenvalue weighted by Crippen LogP contribution is 2.37. The number of para-hydroxylation sites is 1. The standard InChI is InChI=1S/C26H29NO3/c1-6-26(4,5)21-13-12-19(16-23(21)30-20-10-8-7-9-11-20)25(29)27-24-18(3)14-17(2)15-22(24)28/h7-16,28H,6H2,1-5H3,(H,27,29). The van der Waals surface area contributed by atoms with Crippen LogP contribution in [-0.2, 0) is 5.41 Å². The van der Waals surface area contributed by atoms with Crippen LogP contribution < -0.4 is 10.1 Å². The van der Waals surface area contributed by atoms with Crippen molar-refractivity contribution in [3.63, 3.8) is 0 Å². The van der Waals surface area contributed by atoms with Crippen LogP contribution in [0.1, 0.15) is 54.2 Å². The lowest BCUT2D eigenvalue weighted by molar-refractivity contribution is 0.102. The van der Waals surface area contributed by atoms with Crippen LogP contribution in [0.2, 0.25) is 0 Å². The Bertz CT molecular complexity index is 1030. The molecular formula is C26H29NO3. The van der Waals surface area contributed by atoms with E-state index < -0.39 is 0 Å². The molecule has 0 spiro atoms. The number of aryl methyl sites for hydroxylation is 2. The fraction of sp³-hybridized carbons (Fsp3) is 0.269. The maximum Gasteiger partial charge on any atom is 0.255 e. The lowest BCUT2D eigenvalue weighted by Crippen LogP contribution is -2.18. The molecule has 0 aromatic heterocycles. The molecule has 0 radical (unpaired) electrons. The van der Waals surface area contributed by atoms with Crippen LogP contribution in [0.5, 0.6) is 17.2 Å². The molecule has 0 saturated carbocycles. The second kappa shape index (κ2) is 8.62. The van der Waals surface area contributed by atoms with E-state index in [1.54, 1.807) is 18.2 Å². The summed E-state index contributed by atoms with van der Waals surface area (Å²) in [5.74, 6) is 1.14. The molecule has 0 aliphatic rings. The van der Waals surface area contributed by atoms with Crippen molar-refractivity contribution < 1.29 is 14.6 Å². The second-order valence-corrected chi connectivity index (χ2v) is 8.29. The molecule has 0 aliphatic carbocycles. The van der Waals surface area contributed by atoms with Crippen LogP contribution in [0, 0.1) is 13.8 Å². The van der Waals surface area contributed by atoms with Crippen LogP contribution in [0.25, 0.3) is 0 Å². The summed E-state index contributed by atoms with van der Waals surface area (Å²) in [6.45, 7) is 10.2. The van der Waals surface area contributed by atoms with Gasteiger partial charge in [0.25, 0.3) is 5.91 Å². The predicted octanol–water partition coefficient (Wildman–Crippen LogP) is 6.74. The summed E-state index contributed by atoms with van der Waals surface area (Å²) >= 11 is 0. The van der Waals surface area contributed by atoms with E-state index >= 15 is 0 Å². The highest BCUT2D eigenvalue weighted by Gasteiger charge is 2.24. The highest BCUT2D eigenvalue weighted by molar-refractivity contribution is 6.05. The number of hydrogen-bond donors (Lipinski definition) is 2. The Morgan fingerprint density at radius 3 is 2.37 bits per heavy atom. The maximum absolute atomic E-state index is 13.0. The fourth-order valence-electron chi connectivity index (χ4n) is 3.41. The molecule has 0 bridgehead atoms. The first-order chi connectivity index (χ1) is 14.2. The van der Waals surface area contributed by atoms with Crippen molar-refractivity contribution in [2.45, 2.75) is 46.5 Å². The molecule has 0 heterocycles. The number of rotatable bonds is 6. The molecular weight excluding hydrogens is 374 g/mol. The van der Waals surface area contributed by atoms with E-state index in [1.807, 2.05) is 56.3 Å². The smallest absolute Gasteiger partial charge is 0.255 e. The molecule has 1 amide bonds. The van der Waals surface area contributed by atoms with Gasteiger partial charge in [0.15, 0.2) is 0 Å². The Labute approximate surface area is 178 Å². The van der Waals surface area contributed by atoms with Gasteiger partial charge in [-0.15, -0.1) is 0 Å². The second-order valence-electron chi connectivity index (χ2n) is 8.29. The predicted molar refractivity (Wildman–Crippen MR) is 122 cm³/mol. The van der Waals surface area contributed by atoms with Gasteiger partial charge in [-0.25, -0.2) is 0 Å². The molecule has 30 heavy (non-hydrogen) atoms. The minimum atomic E-state index is -0.295. The van der Waals surface area contributed by atoms with Gasteiger partial charge in [-0.05, 0) is 67.1 Å². The normalized spacial score (nSPS) is 11.2. The van der Waals surface area contributed by atoms with Crippen LogP contribution in [0.15, 0.2) is 60.7 Å². The Morgan fingerprint density at radius 1 is 1.03 bits per heavy atom. The highest BCUT2D eigenvalue weighted by atomic mass is 16.5. The van der Waals surface area contributed by atoms with Gasteiger partial charge in [0, 0.05) is 11.1 Å². The van der Waals surface area contributed by atoms with Gasteiger partial charge in [-0.2, -0.15) is 0 Å². The van der Waals surface area contributed by atoms with E-state index in [4.69, 9.17) is 4.74 Å². The Kier molecular flexibility index (Phi) is 6.16. The topological polar surface area (TPSA) is 58.6 Å². The van der Waals surface area contributed by atoms with E-state index in [9.17, 15) is 9.90 Å². The first-order valence-corrected chi connectivity index (χ1v) is 10.2. The summed E-state index contributed by atoms with van der Waals surface area (Å²) < 4.78 is 6.17. The zero-order valence-corrected chi connectivity index (χ0v) is 18.2. The minimum Gasteiger partial charge on any atom is -0.506 e. The summed E-state index contributed by atoms with van der Waals surface area (Å²) in [4.78, 5) is 13.0. The average molecular weight is 404 g/mol. The zero-order chi connectivity index (χ0) is 21.9. The largest absolute Gasteiger partial charge is 0.506 e. The van der Waals surface area contributed by atoms with Gasteiger partial charge in [-0.3, -0.25) is 4.79 Å². The Hall–Kier alpha value is -3.27. The fourth-order valence-corrected chi connectivity index (χ4v) is 3.41. The van der Waals surface area contributed by atoms with Crippen molar-refractivity contribution >= 4 is 11.6 Å². The number of amides is 1. The molecule has 3 aromatic carbocycles. The van der Waals surface area contributed by atoms with Crippen molar-refractivity contribution in [2.75, 3.05) is 5.32 Å². The Morgan fingerprint density at radius 2 is 1.73 bits per heavy atom. The molecule has 4 heteroatoms. The third-order valence-corrected chi connectivity index (χ3v) is 5.53. The summed E-state index contributed by atoms with van der Waals surface area (Å²) in [6.07, 6.45) is 0.931. The van der Waals surface area contributed by atoms with Crippen molar-refractivity contribution in [1.29, 1.82) is 0 Å². The number of phenolic OH excluding ortho intramolecular Hbond substituents is 1. The molecule has 0 unspecified atom stereocenters. The number of nitrogens with one attached hydrogen (secondary N) is 1. The quantitative estimate of drug-likeness (QED) is 0.448. The van der Waals surface area contributed by atoms with Crippen LogP contribution in [0.4, 0.5) is 5.69 Å². The summed E-state index contributed by atoms with van der Waals surface area (Å²) in [6, 6.07) is 18.6. The molecule has 4 nitrogen and oxygen atoms in total. The molecule has 3 rings (SSSR count). The number of phenols is 1. The molecule has 3 aromatic rings.